The number of amides is 1. The standard InChI is InChI=1S/C15H14N2O2/c1-16-15(18)19-14-9-7-13(8-10-14)17-11-12-5-3-2-4-6-12/h2-11H,1H3,(H,16,18). The maximum Gasteiger partial charge on any atom is 0.412 e. The highest BCUT2D eigenvalue weighted by molar-refractivity contribution is 5.81. The predicted octanol–water partition coefficient (Wildman–Crippen LogP) is 3.16. The van der Waals surface area contributed by atoms with Crippen LogP contribution >= 0.6 is 0 Å². The normalized spacial score (nSPS) is 10.4. The lowest BCUT2D eigenvalue weighted by molar-refractivity contribution is 0.203. The minimum Gasteiger partial charge on any atom is -0.410 e. The van der Waals surface area contributed by atoms with Crippen LogP contribution in [0.5, 0.6) is 5.75 Å². The molecule has 0 saturated heterocycles. The Morgan fingerprint density at radius 2 is 1.79 bits per heavy atom. The van der Waals surface area contributed by atoms with Crippen molar-refractivity contribution in [3.8, 4) is 5.75 Å². The van der Waals surface area contributed by atoms with E-state index in [0.717, 1.165) is 11.3 Å². The fourth-order valence-corrected chi connectivity index (χ4v) is 1.45. The van der Waals surface area contributed by atoms with Crippen molar-refractivity contribution >= 4 is 18.0 Å². The molecule has 2 rings (SSSR count). The molecule has 0 spiro atoms. The molecule has 0 radical (unpaired) electrons. The van der Waals surface area contributed by atoms with E-state index in [-0.39, 0.29) is 0 Å². The summed E-state index contributed by atoms with van der Waals surface area (Å²) in [5, 5.41) is 2.38. The summed E-state index contributed by atoms with van der Waals surface area (Å²) in [6, 6.07) is 16.8. The first-order valence-electron chi connectivity index (χ1n) is 5.86. The number of carbonyl (C=O) groups is 1. The van der Waals surface area contributed by atoms with Gasteiger partial charge in [-0.1, -0.05) is 30.3 Å². The Balaban J connectivity index is 2.03. The third-order valence-corrected chi connectivity index (χ3v) is 2.41. The third-order valence-electron chi connectivity index (χ3n) is 2.41. The molecule has 19 heavy (non-hydrogen) atoms. The fraction of sp³-hybridized carbons (Fsp3) is 0.0667. The van der Waals surface area contributed by atoms with Crippen LogP contribution in [0.4, 0.5) is 10.5 Å². The van der Waals surface area contributed by atoms with E-state index in [1.807, 2.05) is 30.3 Å². The first kappa shape index (κ1) is 12.8. The van der Waals surface area contributed by atoms with Crippen LogP contribution in [0.1, 0.15) is 5.56 Å². The number of ether oxygens (including phenoxy) is 1. The van der Waals surface area contributed by atoms with E-state index in [1.54, 1.807) is 30.5 Å². The van der Waals surface area contributed by atoms with Gasteiger partial charge in [0.25, 0.3) is 0 Å². The van der Waals surface area contributed by atoms with Gasteiger partial charge in [0.2, 0.25) is 0 Å². The molecular weight excluding hydrogens is 240 g/mol. The Labute approximate surface area is 111 Å². The molecule has 0 aliphatic carbocycles. The zero-order chi connectivity index (χ0) is 13.5. The van der Waals surface area contributed by atoms with Crippen molar-refractivity contribution in [1.82, 2.24) is 5.32 Å². The van der Waals surface area contributed by atoms with Gasteiger partial charge in [-0.15, -0.1) is 0 Å². The lowest BCUT2D eigenvalue weighted by atomic mass is 10.2. The van der Waals surface area contributed by atoms with E-state index in [4.69, 9.17) is 4.74 Å². The van der Waals surface area contributed by atoms with Crippen LogP contribution in [0.15, 0.2) is 59.6 Å². The van der Waals surface area contributed by atoms with Crippen LogP contribution in [0.25, 0.3) is 0 Å². The molecule has 4 nitrogen and oxygen atoms in total. The van der Waals surface area contributed by atoms with Gasteiger partial charge in [0.15, 0.2) is 0 Å². The first-order chi connectivity index (χ1) is 9.28. The van der Waals surface area contributed by atoms with Crippen molar-refractivity contribution in [2.24, 2.45) is 4.99 Å². The summed E-state index contributed by atoms with van der Waals surface area (Å²) in [6.45, 7) is 0. The average molecular weight is 254 g/mol. The van der Waals surface area contributed by atoms with Crippen molar-refractivity contribution in [2.75, 3.05) is 7.05 Å². The molecule has 2 aromatic carbocycles. The molecule has 0 unspecified atom stereocenters. The maximum atomic E-state index is 11.0. The second-order valence-electron chi connectivity index (χ2n) is 3.80. The quantitative estimate of drug-likeness (QED) is 0.855. The number of nitrogens with one attached hydrogen (secondary N) is 1. The highest BCUT2D eigenvalue weighted by Gasteiger charge is 2.00. The summed E-state index contributed by atoms with van der Waals surface area (Å²) < 4.78 is 4.98. The summed E-state index contributed by atoms with van der Waals surface area (Å²) >= 11 is 0. The number of nitrogens with zero attached hydrogens (tertiary/aromatic N) is 1. The summed E-state index contributed by atoms with van der Waals surface area (Å²) in [6.07, 6.45) is 1.30. The zero-order valence-electron chi connectivity index (χ0n) is 10.5. The SMILES string of the molecule is CNC(=O)Oc1ccc(N=Cc2ccccc2)cc1. The zero-order valence-corrected chi connectivity index (χ0v) is 10.5. The van der Waals surface area contributed by atoms with Gasteiger partial charge in [0.1, 0.15) is 5.75 Å². The Morgan fingerprint density at radius 3 is 2.42 bits per heavy atom. The molecule has 96 valence electrons. The van der Waals surface area contributed by atoms with Gasteiger partial charge >= 0.3 is 6.09 Å². The molecule has 0 atom stereocenters. The highest BCUT2D eigenvalue weighted by Crippen LogP contribution is 2.18. The maximum absolute atomic E-state index is 11.0. The molecule has 1 amide bonds. The number of hydrogen-bond donors (Lipinski definition) is 1. The van der Waals surface area contributed by atoms with Crippen LogP contribution in [0.2, 0.25) is 0 Å². The molecule has 1 N–H and O–H groups in total. The van der Waals surface area contributed by atoms with E-state index in [2.05, 4.69) is 10.3 Å². The minimum absolute atomic E-state index is 0.484. The van der Waals surface area contributed by atoms with Crippen LogP contribution in [-0.4, -0.2) is 19.4 Å². The van der Waals surface area contributed by atoms with Gasteiger partial charge in [0, 0.05) is 13.3 Å². The Morgan fingerprint density at radius 1 is 1.11 bits per heavy atom. The molecule has 4 heteroatoms. The third kappa shape index (κ3) is 3.96. The van der Waals surface area contributed by atoms with Crippen molar-refractivity contribution in [3.63, 3.8) is 0 Å². The van der Waals surface area contributed by atoms with Gasteiger partial charge in [-0.25, -0.2) is 4.79 Å². The molecule has 0 heterocycles. The molecule has 0 fully saturated rings. The van der Waals surface area contributed by atoms with Gasteiger partial charge < -0.3 is 10.1 Å². The predicted molar refractivity (Wildman–Crippen MR) is 75.2 cm³/mol. The molecule has 0 saturated carbocycles. The van der Waals surface area contributed by atoms with E-state index in [9.17, 15) is 4.79 Å². The molecule has 2 aromatic rings. The Kier molecular flexibility index (Phi) is 4.29. The van der Waals surface area contributed by atoms with E-state index in [1.165, 1.54) is 7.05 Å². The van der Waals surface area contributed by atoms with Crippen LogP contribution in [-0.2, 0) is 0 Å². The molecule has 0 aromatic heterocycles. The van der Waals surface area contributed by atoms with Crippen LogP contribution in [0, 0.1) is 0 Å². The van der Waals surface area contributed by atoms with E-state index in [0.29, 0.717) is 5.75 Å². The monoisotopic (exact) mass is 254 g/mol. The van der Waals surface area contributed by atoms with Crippen LogP contribution < -0.4 is 10.1 Å². The average Bonchev–Trinajstić information content (AvgIpc) is 2.47. The smallest absolute Gasteiger partial charge is 0.410 e. The summed E-state index contributed by atoms with van der Waals surface area (Å²) in [5.41, 5.74) is 1.83. The van der Waals surface area contributed by atoms with Gasteiger partial charge in [-0.05, 0) is 29.8 Å². The lowest BCUT2D eigenvalue weighted by Crippen LogP contribution is -2.21. The minimum atomic E-state index is -0.486. The largest absolute Gasteiger partial charge is 0.412 e. The molecule has 0 aliphatic rings. The summed E-state index contributed by atoms with van der Waals surface area (Å²) in [4.78, 5) is 15.3. The molecular formula is C15H14N2O2. The Bertz CT molecular complexity index is 562. The van der Waals surface area contributed by atoms with Gasteiger partial charge in [-0.2, -0.15) is 0 Å². The number of carbonyl (C=O) groups excluding carboxylic acids is 1. The topological polar surface area (TPSA) is 50.7 Å². The number of aliphatic imine (C=N–C) groups is 1. The van der Waals surface area contributed by atoms with Crippen molar-refractivity contribution in [3.05, 3.63) is 60.2 Å². The lowest BCUT2D eigenvalue weighted by Gasteiger charge is -2.02. The van der Waals surface area contributed by atoms with E-state index < -0.39 is 6.09 Å². The molecule has 0 bridgehead atoms. The van der Waals surface area contributed by atoms with Crippen LogP contribution in [0.3, 0.4) is 0 Å². The highest BCUT2D eigenvalue weighted by atomic mass is 16.5. The van der Waals surface area contributed by atoms with Gasteiger partial charge in [-0.3, -0.25) is 4.99 Å². The van der Waals surface area contributed by atoms with E-state index >= 15 is 0 Å². The summed E-state index contributed by atoms with van der Waals surface area (Å²) in [5.74, 6) is 0.484. The second-order valence-corrected chi connectivity index (χ2v) is 3.80. The van der Waals surface area contributed by atoms with Crippen molar-refractivity contribution < 1.29 is 9.53 Å². The first-order valence-corrected chi connectivity index (χ1v) is 5.86. The van der Waals surface area contributed by atoms with Crippen molar-refractivity contribution in [1.29, 1.82) is 0 Å². The number of rotatable bonds is 3. The van der Waals surface area contributed by atoms with Crippen molar-refractivity contribution in [2.45, 2.75) is 0 Å². The fourth-order valence-electron chi connectivity index (χ4n) is 1.45. The Hall–Kier alpha value is -2.62. The number of benzene rings is 2. The second kappa shape index (κ2) is 6.35. The molecule has 0 aliphatic heterocycles. The summed E-state index contributed by atoms with van der Waals surface area (Å²) in [7, 11) is 1.51. The number of hydrogen-bond acceptors (Lipinski definition) is 3. The van der Waals surface area contributed by atoms with Gasteiger partial charge in [0.05, 0.1) is 5.69 Å².